The maximum absolute atomic E-state index is 13.3. The summed E-state index contributed by atoms with van der Waals surface area (Å²) in [5.74, 6) is -2.52. The third-order valence-electron chi connectivity index (χ3n) is 3.51. The van der Waals surface area contributed by atoms with Crippen LogP contribution in [0.5, 0.6) is 0 Å². The van der Waals surface area contributed by atoms with E-state index in [0.29, 0.717) is 5.02 Å². The minimum Gasteiger partial charge on any atom is -0.375 e. The van der Waals surface area contributed by atoms with Crippen LogP contribution in [0.15, 0.2) is 54.6 Å². The van der Waals surface area contributed by atoms with E-state index >= 15 is 0 Å². The Morgan fingerprint density at radius 1 is 1.00 bits per heavy atom. The van der Waals surface area contributed by atoms with Crippen LogP contribution in [0.25, 0.3) is 0 Å². The van der Waals surface area contributed by atoms with E-state index in [4.69, 9.17) is 11.6 Å². The number of amides is 2. The summed E-state index contributed by atoms with van der Waals surface area (Å²) in [6.07, 6.45) is -5.06. The van der Waals surface area contributed by atoms with Gasteiger partial charge in [0.25, 0.3) is 0 Å². The highest BCUT2D eigenvalue weighted by Gasteiger charge is 2.55. The Hall–Kier alpha value is -2.58. The zero-order chi connectivity index (χ0) is 19.4. The number of hydrogen-bond donors (Lipinski definition) is 3. The lowest BCUT2D eigenvalue weighted by atomic mass is 9.93. The van der Waals surface area contributed by atoms with E-state index in [2.05, 4.69) is 5.32 Å². The van der Waals surface area contributed by atoms with Gasteiger partial charge in [-0.05, 0) is 23.8 Å². The second-order valence-electron chi connectivity index (χ2n) is 5.37. The van der Waals surface area contributed by atoms with Gasteiger partial charge in [-0.15, -0.1) is 0 Å². The van der Waals surface area contributed by atoms with Crippen LogP contribution in [0.2, 0.25) is 5.02 Å². The van der Waals surface area contributed by atoms with Crippen molar-refractivity contribution >= 4 is 29.1 Å². The first kappa shape index (κ1) is 19.7. The molecule has 2 amide bonds. The molecular formula is C17H14ClF3N2O3. The van der Waals surface area contributed by atoms with Crippen LogP contribution in [0.4, 0.5) is 18.9 Å². The Labute approximate surface area is 151 Å². The minimum atomic E-state index is -5.06. The predicted molar refractivity (Wildman–Crippen MR) is 89.5 cm³/mol. The van der Waals surface area contributed by atoms with E-state index in [1.807, 2.05) is 5.32 Å². The molecule has 1 atom stereocenters. The van der Waals surface area contributed by atoms with Crippen LogP contribution in [-0.2, 0) is 15.2 Å². The van der Waals surface area contributed by atoms with Crippen molar-refractivity contribution in [3.05, 3.63) is 65.2 Å². The van der Waals surface area contributed by atoms with Gasteiger partial charge in [0, 0.05) is 10.7 Å². The van der Waals surface area contributed by atoms with E-state index < -0.39 is 35.7 Å². The molecule has 0 fully saturated rings. The zero-order valence-electron chi connectivity index (χ0n) is 13.2. The number of rotatable bonds is 4. The van der Waals surface area contributed by atoms with E-state index in [1.165, 1.54) is 36.4 Å². The topological polar surface area (TPSA) is 78.4 Å². The van der Waals surface area contributed by atoms with Gasteiger partial charge in [-0.25, -0.2) is 0 Å². The molecule has 138 valence electrons. The van der Waals surface area contributed by atoms with Crippen molar-refractivity contribution in [2.45, 2.75) is 11.8 Å². The summed E-state index contributed by atoms with van der Waals surface area (Å²) >= 11 is 5.74. The molecule has 5 nitrogen and oxygen atoms in total. The molecule has 9 heteroatoms. The number of alkyl halides is 3. The number of carbonyl (C=O) groups excluding carboxylic acids is 2. The summed E-state index contributed by atoms with van der Waals surface area (Å²) in [6.45, 7) is -1.22. The third kappa shape index (κ3) is 4.53. The Bertz CT molecular complexity index is 799. The van der Waals surface area contributed by atoms with Crippen LogP contribution in [0, 0.1) is 0 Å². The fourth-order valence-electron chi connectivity index (χ4n) is 2.12. The monoisotopic (exact) mass is 386 g/mol. The smallest absolute Gasteiger partial charge is 0.375 e. The van der Waals surface area contributed by atoms with Gasteiger partial charge in [0.2, 0.25) is 5.60 Å². The molecule has 0 heterocycles. The predicted octanol–water partition coefficient (Wildman–Crippen LogP) is 2.84. The summed E-state index contributed by atoms with van der Waals surface area (Å²) in [7, 11) is 0. The molecule has 0 saturated heterocycles. The third-order valence-corrected chi connectivity index (χ3v) is 3.75. The maximum Gasteiger partial charge on any atom is 0.423 e. The SMILES string of the molecule is O=C(NCC(O)(c1ccccc1)C(F)(F)F)C(=O)Nc1cccc(Cl)c1. The number of aliphatic hydroxyl groups is 1. The first-order valence-electron chi connectivity index (χ1n) is 7.33. The Kier molecular flexibility index (Phi) is 5.89. The highest BCUT2D eigenvalue weighted by Crippen LogP contribution is 2.38. The number of nitrogens with one attached hydrogen (secondary N) is 2. The van der Waals surface area contributed by atoms with Gasteiger partial charge in [0.1, 0.15) is 0 Å². The normalized spacial score (nSPS) is 13.6. The molecule has 0 bridgehead atoms. The van der Waals surface area contributed by atoms with Crippen LogP contribution in [0.3, 0.4) is 0 Å². The molecular weight excluding hydrogens is 373 g/mol. The van der Waals surface area contributed by atoms with Crippen molar-refractivity contribution < 1.29 is 27.9 Å². The zero-order valence-corrected chi connectivity index (χ0v) is 13.9. The standard InChI is InChI=1S/C17H14ClF3N2O3/c18-12-7-4-8-13(9-12)23-15(25)14(24)22-10-16(26,17(19,20)21)11-5-2-1-3-6-11/h1-9,26H,10H2,(H,22,24)(H,23,25). The first-order chi connectivity index (χ1) is 12.1. The van der Waals surface area contributed by atoms with E-state index in [1.54, 1.807) is 6.07 Å². The molecule has 0 aliphatic carbocycles. The Balaban J connectivity index is 2.09. The lowest BCUT2D eigenvalue weighted by Gasteiger charge is -2.31. The van der Waals surface area contributed by atoms with Crippen molar-refractivity contribution in [2.75, 3.05) is 11.9 Å². The van der Waals surface area contributed by atoms with Crippen molar-refractivity contribution in [1.29, 1.82) is 0 Å². The molecule has 2 rings (SSSR count). The number of carbonyl (C=O) groups is 2. The molecule has 0 aliphatic rings. The number of anilines is 1. The fourth-order valence-corrected chi connectivity index (χ4v) is 2.31. The summed E-state index contributed by atoms with van der Waals surface area (Å²) in [5.41, 5.74) is -3.59. The number of halogens is 4. The van der Waals surface area contributed by atoms with E-state index in [9.17, 15) is 27.9 Å². The molecule has 0 spiro atoms. The number of hydrogen-bond acceptors (Lipinski definition) is 3. The Morgan fingerprint density at radius 2 is 1.65 bits per heavy atom. The largest absolute Gasteiger partial charge is 0.423 e. The molecule has 0 saturated carbocycles. The molecule has 0 aromatic heterocycles. The summed E-state index contributed by atoms with van der Waals surface area (Å²) < 4.78 is 39.9. The molecule has 26 heavy (non-hydrogen) atoms. The van der Waals surface area contributed by atoms with E-state index in [0.717, 1.165) is 12.1 Å². The quantitative estimate of drug-likeness (QED) is 0.707. The maximum atomic E-state index is 13.3. The average molecular weight is 387 g/mol. The highest BCUT2D eigenvalue weighted by molar-refractivity contribution is 6.39. The van der Waals surface area contributed by atoms with Gasteiger partial charge < -0.3 is 15.7 Å². The second kappa shape index (κ2) is 7.76. The molecule has 3 N–H and O–H groups in total. The minimum absolute atomic E-state index is 0.201. The van der Waals surface area contributed by atoms with Crippen molar-refractivity contribution in [3.8, 4) is 0 Å². The number of benzene rings is 2. The summed E-state index contributed by atoms with van der Waals surface area (Å²) in [5, 5.41) is 14.4. The molecule has 1 unspecified atom stereocenters. The molecule has 0 radical (unpaired) electrons. The van der Waals surface area contributed by atoms with E-state index in [-0.39, 0.29) is 5.69 Å². The lowest BCUT2D eigenvalue weighted by Crippen LogP contribution is -2.52. The molecule has 2 aromatic carbocycles. The summed E-state index contributed by atoms with van der Waals surface area (Å²) in [6, 6.07) is 12.2. The second-order valence-corrected chi connectivity index (χ2v) is 5.81. The van der Waals surface area contributed by atoms with Crippen LogP contribution in [-0.4, -0.2) is 29.6 Å². The van der Waals surface area contributed by atoms with Gasteiger partial charge in [0.15, 0.2) is 0 Å². The molecule has 0 aliphatic heterocycles. The first-order valence-corrected chi connectivity index (χ1v) is 7.70. The van der Waals surface area contributed by atoms with Crippen molar-refractivity contribution in [3.63, 3.8) is 0 Å². The van der Waals surface area contributed by atoms with Gasteiger partial charge in [-0.3, -0.25) is 9.59 Å². The summed E-state index contributed by atoms with van der Waals surface area (Å²) in [4.78, 5) is 23.6. The van der Waals surface area contributed by atoms with Gasteiger partial charge in [0.05, 0.1) is 6.54 Å². The van der Waals surface area contributed by atoms with Gasteiger partial charge in [-0.1, -0.05) is 48.0 Å². The van der Waals surface area contributed by atoms with Crippen molar-refractivity contribution in [2.24, 2.45) is 0 Å². The van der Waals surface area contributed by atoms with Crippen LogP contribution < -0.4 is 10.6 Å². The van der Waals surface area contributed by atoms with Gasteiger partial charge in [-0.2, -0.15) is 13.2 Å². The van der Waals surface area contributed by atoms with Gasteiger partial charge >= 0.3 is 18.0 Å². The van der Waals surface area contributed by atoms with Crippen molar-refractivity contribution in [1.82, 2.24) is 5.32 Å². The van der Waals surface area contributed by atoms with Crippen LogP contribution >= 0.6 is 11.6 Å². The lowest BCUT2D eigenvalue weighted by molar-refractivity contribution is -0.264. The fraction of sp³-hybridized carbons (Fsp3) is 0.176. The highest BCUT2D eigenvalue weighted by atomic mass is 35.5. The Morgan fingerprint density at radius 3 is 2.23 bits per heavy atom. The molecule has 2 aromatic rings. The average Bonchev–Trinajstić information content (AvgIpc) is 2.59. The van der Waals surface area contributed by atoms with Crippen LogP contribution in [0.1, 0.15) is 5.56 Å².